The van der Waals surface area contributed by atoms with E-state index in [1.54, 1.807) is 0 Å². The van der Waals surface area contributed by atoms with E-state index in [9.17, 15) is 4.79 Å². The van der Waals surface area contributed by atoms with Gasteiger partial charge in [-0.3, -0.25) is 9.69 Å². The molecule has 0 spiro atoms. The molecule has 1 aromatic carbocycles. The molecule has 146 valence electrons. The van der Waals surface area contributed by atoms with Gasteiger partial charge in [0, 0.05) is 26.2 Å². The molecule has 1 aliphatic heterocycles. The number of hydrogen-bond donors (Lipinski definition) is 1. The van der Waals surface area contributed by atoms with Gasteiger partial charge in [-0.05, 0) is 61.3 Å². The Balaban J connectivity index is 1.29. The molecule has 0 unspecified atom stereocenters. The predicted octanol–water partition coefficient (Wildman–Crippen LogP) is 2.97. The summed E-state index contributed by atoms with van der Waals surface area (Å²) in [6.45, 7) is 5.34. The fourth-order valence-electron chi connectivity index (χ4n) is 7.00. The first-order valence-corrected chi connectivity index (χ1v) is 10.8. The lowest BCUT2D eigenvalue weighted by molar-refractivity contribution is -0.149. The summed E-state index contributed by atoms with van der Waals surface area (Å²) in [7, 11) is 0. The third kappa shape index (κ3) is 3.21. The molecule has 2 atom stereocenters. The van der Waals surface area contributed by atoms with Crippen LogP contribution < -0.4 is 5.32 Å². The van der Waals surface area contributed by atoms with Crippen LogP contribution in [0.3, 0.4) is 0 Å². The summed E-state index contributed by atoms with van der Waals surface area (Å²) < 4.78 is 5.42. The Morgan fingerprint density at radius 2 is 1.78 bits per heavy atom. The van der Waals surface area contributed by atoms with Crippen LogP contribution in [0.25, 0.3) is 0 Å². The van der Waals surface area contributed by atoms with E-state index in [2.05, 4.69) is 40.5 Å². The van der Waals surface area contributed by atoms with Crippen molar-refractivity contribution in [2.24, 2.45) is 17.3 Å². The van der Waals surface area contributed by atoms with Gasteiger partial charge in [-0.25, -0.2) is 0 Å². The first kappa shape index (κ1) is 17.7. The highest BCUT2D eigenvalue weighted by atomic mass is 16.5. The standard InChI is InChI=1S/C23H32N2O2/c26-21(24-6-7-25-8-10-27-11-9-25)23-15-18-12-19(16-23)14-22(13-18,17-23)20-4-2-1-3-5-20/h1-5,18-19H,6-17H2,(H,24,26)/t18-,19-,22?,23?/m1/s1. The molecule has 1 saturated heterocycles. The minimum atomic E-state index is -0.120. The lowest BCUT2D eigenvalue weighted by Gasteiger charge is -2.61. The van der Waals surface area contributed by atoms with Crippen LogP contribution in [-0.4, -0.2) is 50.2 Å². The minimum Gasteiger partial charge on any atom is -0.379 e. The molecular formula is C23H32N2O2. The zero-order chi connectivity index (χ0) is 18.3. The average molecular weight is 369 g/mol. The van der Waals surface area contributed by atoms with Gasteiger partial charge in [0.25, 0.3) is 0 Å². The van der Waals surface area contributed by atoms with Crippen LogP contribution in [0.5, 0.6) is 0 Å². The highest BCUT2D eigenvalue weighted by Crippen LogP contribution is 2.65. The zero-order valence-corrected chi connectivity index (χ0v) is 16.3. The van der Waals surface area contributed by atoms with Gasteiger partial charge in [-0.15, -0.1) is 0 Å². The van der Waals surface area contributed by atoms with Crippen molar-refractivity contribution < 1.29 is 9.53 Å². The van der Waals surface area contributed by atoms with Crippen molar-refractivity contribution in [1.82, 2.24) is 10.2 Å². The van der Waals surface area contributed by atoms with E-state index in [-0.39, 0.29) is 10.8 Å². The number of carbonyl (C=O) groups excluding carboxylic acids is 1. The van der Waals surface area contributed by atoms with E-state index in [4.69, 9.17) is 4.74 Å². The third-order valence-corrected chi connectivity index (χ3v) is 7.75. The van der Waals surface area contributed by atoms with Gasteiger partial charge in [0.2, 0.25) is 5.91 Å². The monoisotopic (exact) mass is 368 g/mol. The summed E-state index contributed by atoms with van der Waals surface area (Å²) in [5, 5.41) is 3.33. The molecule has 1 N–H and O–H groups in total. The van der Waals surface area contributed by atoms with Gasteiger partial charge in [0.15, 0.2) is 0 Å². The fourth-order valence-corrected chi connectivity index (χ4v) is 7.00. The average Bonchev–Trinajstić information content (AvgIpc) is 2.68. The highest BCUT2D eigenvalue weighted by Gasteiger charge is 2.60. The van der Waals surface area contributed by atoms with Crippen molar-refractivity contribution in [2.75, 3.05) is 39.4 Å². The number of rotatable bonds is 5. The second-order valence-electron chi connectivity index (χ2n) is 9.60. The Bertz CT molecular complexity index is 669. The van der Waals surface area contributed by atoms with Crippen LogP contribution in [0.4, 0.5) is 0 Å². The number of nitrogens with one attached hydrogen (secondary N) is 1. The van der Waals surface area contributed by atoms with Gasteiger partial charge >= 0.3 is 0 Å². The summed E-state index contributed by atoms with van der Waals surface area (Å²) in [5.41, 5.74) is 1.60. The van der Waals surface area contributed by atoms with Crippen molar-refractivity contribution in [3.05, 3.63) is 35.9 Å². The molecule has 1 aromatic rings. The van der Waals surface area contributed by atoms with E-state index in [1.807, 2.05) is 0 Å². The number of morpholine rings is 1. The molecule has 1 heterocycles. The molecule has 4 bridgehead atoms. The topological polar surface area (TPSA) is 41.6 Å². The summed E-state index contributed by atoms with van der Waals surface area (Å²) in [6, 6.07) is 11.1. The molecule has 4 saturated carbocycles. The van der Waals surface area contributed by atoms with Crippen LogP contribution in [0.2, 0.25) is 0 Å². The van der Waals surface area contributed by atoms with Crippen LogP contribution in [0.1, 0.15) is 44.1 Å². The second-order valence-corrected chi connectivity index (χ2v) is 9.60. The number of ether oxygens (including phenoxy) is 1. The second kappa shape index (κ2) is 6.89. The lowest BCUT2D eigenvalue weighted by atomic mass is 9.42. The normalized spacial score (nSPS) is 38.1. The molecule has 4 heteroatoms. The molecule has 1 amide bonds. The lowest BCUT2D eigenvalue weighted by Crippen LogP contribution is -2.59. The molecular weight excluding hydrogens is 336 g/mol. The molecule has 6 rings (SSSR count). The molecule has 4 aliphatic carbocycles. The number of carbonyl (C=O) groups is 1. The Labute approximate surface area is 162 Å². The molecule has 4 nitrogen and oxygen atoms in total. The Hall–Kier alpha value is -1.39. The quantitative estimate of drug-likeness (QED) is 0.869. The third-order valence-electron chi connectivity index (χ3n) is 7.75. The van der Waals surface area contributed by atoms with Crippen molar-refractivity contribution in [2.45, 2.75) is 43.9 Å². The largest absolute Gasteiger partial charge is 0.379 e. The first-order chi connectivity index (χ1) is 13.2. The number of hydrogen-bond acceptors (Lipinski definition) is 3. The molecule has 0 radical (unpaired) electrons. The Kier molecular flexibility index (Phi) is 4.52. The summed E-state index contributed by atoms with van der Waals surface area (Å²) >= 11 is 0. The zero-order valence-electron chi connectivity index (χ0n) is 16.3. The van der Waals surface area contributed by atoms with Crippen LogP contribution in [0.15, 0.2) is 30.3 Å². The van der Waals surface area contributed by atoms with E-state index in [1.165, 1.54) is 24.8 Å². The van der Waals surface area contributed by atoms with Crippen molar-refractivity contribution in [3.63, 3.8) is 0 Å². The van der Waals surface area contributed by atoms with Crippen molar-refractivity contribution in [3.8, 4) is 0 Å². The number of nitrogens with zero attached hydrogens (tertiary/aromatic N) is 1. The Morgan fingerprint density at radius 3 is 2.48 bits per heavy atom. The van der Waals surface area contributed by atoms with E-state index >= 15 is 0 Å². The fraction of sp³-hybridized carbons (Fsp3) is 0.696. The minimum absolute atomic E-state index is 0.120. The summed E-state index contributed by atoms with van der Waals surface area (Å²) in [5.74, 6) is 1.80. The van der Waals surface area contributed by atoms with Gasteiger partial charge < -0.3 is 10.1 Å². The molecule has 5 fully saturated rings. The molecule has 0 aromatic heterocycles. The maximum atomic E-state index is 13.4. The van der Waals surface area contributed by atoms with Crippen LogP contribution in [-0.2, 0) is 14.9 Å². The Morgan fingerprint density at radius 1 is 1.07 bits per heavy atom. The maximum Gasteiger partial charge on any atom is 0.226 e. The van der Waals surface area contributed by atoms with E-state index in [0.29, 0.717) is 5.91 Å². The smallest absolute Gasteiger partial charge is 0.226 e. The van der Waals surface area contributed by atoms with Gasteiger partial charge in [0.1, 0.15) is 0 Å². The number of amides is 1. The summed E-state index contributed by atoms with van der Waals surface area (Å²) in [6.07, 6.45) is 7.20. The van der Waals surface area contributed by atoms with E-state index in [0.717, 1.165) is 70.5 Å². The van der Waals surface area contributed by atoms with Gasteiger partial charge in [-0.1, -0.05) is 30.3 Å². The van der Waals surface area contributed by atoms with Crippen LogP contribution >= 0.6 is 0 Å². The first-order valence-electron chi connectivity index (χ1n) is 10.8. The van der Waals surface area contributed by atoms with Crippen molar-refractivity contribution in [1.29, 1.82) is 0 Å². The molecule has 27 heavy (non-hydrogen) atoms. The van der Waals surface area contributed by atoms with E-state index < -0.39 is 0 Å². The summed E-state index contributed by atoms with van der Waals surface area (Å²) in [4.78, 5) is 15.8. The predicted molar refractivity (Wildman–Crippen MR) is 106 cm³/mol. The van der Waals surface area contributed by atoms with Crippen molar-refractivity contribution >= 4 is 5.91 Å². The van der Waals surface area contributed by atoms with Gasteiger partial charge in [0.05, 0.1) is 18.6 Å². The highest BCUT2D eigenvalue weighted by molar-refractivity contribution is 5.83. The number of benzene rings is 1. The van der Waals surface area contributed by atoms with Gasteiger partial charge in [-0.2, -0.15) is 0 Å². The maximum absolute atomic E-state index is 13.4. The SMILES string of the molecule is O=C(NCCN1CCOCC1)C12C[C@@H]3C[C@@H](C1)CC(c1ccccc1)(C3)C2. The van der Waals surface area contributed by atoms with Crippen LogP contribution in [0, 0.1) is 17.3 Å². The molecule has 5 aliphatic rings.